The Labute approximate surface area is 168 Å². The van der Waals surface area contributed by atoms with Gasteiger partial charge in [-0.3, -0.25) is 4.79 Å². The lowest BCUT2D eigenvalue weighted by Crippen LogP contribution is -2.37. The van der Waals surface area contributed by atoms with Crippen molar-refractivity contribution in [1.29, 1.82) is 0 Å². The Kier molecular flexibility index (Phi) is 10.7. The van der Waals surface area contributed by atoms with Gasteiger partial charge in [-0.2, -0.15) is 0 Å². The van der Waals surface area contributed by atoms with Crippen LogP contribution in [-0.2, 0) is 14.6 Å². The molecule has 0 aliphatic heterocycles. The number of rotatable bonds is 9. The van der Waals surface area contributed by atoms with Gasteiger partial charge in [-0.05, 0) is 37.1 Å². The van der Waals surface area contributed by atoms with Crippen LogP contribution in [-0.4, -0.2) is 46.3 Å². The highest BCUT2D eigenvalue weighted by Crippen LogP contribution is 2.17. The molecule has 0 spiro atoms. The van der Waals surface area contributed by atoms with E-state index >= 15 is 0 Å². The summed E-state index contributed by atoms with van der Waals surface area (Å²) in [5.41, 5.74) is 0. The van der Waals surface area contributed by atoms with Gasteiger partial charge in [0, 0.05) is 25.4 Å². The number of sulfone groups is 1. The standard InChI is InChI=1S/C19H30N2O4S.ClH/c1-26(23,24)18-10-8-17(9-11-18)25-15-12-19(22)21-14-13-20-16-6-4-2-3-5-7-16;/h8-11,16,20H,2-7,12-15H2,1H3,(H,21,22);1H. The minimum absolute atomic E-state index is 0. The van der Waals surface area contributed by atoms with Gasteiger partial charge in [0.1, 0.15) is 5.75 Å². The summed E-state index contributed by atoms with van der Waals surface area (Å²) in [6.07, 6.45) is 9.19. The van der Waals surface area contributed by atoms with Gasteiger partial charge in [-0.15, -0.1) is 12.4 Å². The number of ether oxygens (including phenoxy) is 1. The average molecular weight is 419 g/mol. The van der Waals surface area contributed by atoms with Gasteiger partial charge in [0.25, 0.3) is 0 Å². The maximum absolute atomic E-state index is 11.8. The molecular formula is C19H31ClN2O4S. The zero-order chi connectivity index (χ0) is 18.8. The highest BCUT2D eigenvalue weighted by Gasteiger charge is 2.11. The number of hydrogen-bond donors (Lipinski definition) is 2. The lowest BCUT2D eigenvalue weighted by atomic mass is 10.1. The van der Waals surface area contributed by atoms with Crippen LogP contribution in [0.25, 0.3) is 0 Å². The molecule has 27 heavy (non-hydrogen) atoms. The number of benzene rings is 1. The Morgan fingerprint density at radius 2 is 1.70 bits per heavy atom. The van der Waals surface area contributed by atoms with Crippen molar-refractivity contribution in [3.8, 4) is 5.75 Å². The zero-order valence-corrected chi connectivity index (χ0v) is 17.5. The molecule has 2 rings (SSSR count). The van der Waals surface area contributed by atoms with E-state index in [0.717, 1.165) is 12.8 Å². The van der Waals surface area contributed by atoms with Crippen LogP contribution in [0.15, 0.2) is 29.2 Å². The Hall–Kier alpha value is -1.31. The summed E-state index contributed by atoms with van der Waals surface area (Å²) in [7, 11) is -3.20. The molecule has 1 amide bonds. The van der Waals surface area contributed by atoms with E-state index in [9.17, 15) is 13.2 Å². The molecule has 1 aliphatic carbocycles. The molecule has 0 unspecified atom stereocenters. The molecule has 0 atom stereocenters. The first-order valence-electron chi connectivity index (χ1n) is 9.38. The molecule has 8 heteroatoms. The van der Waals surface area contributed by atoms with Crippen molar-refractivity contribution < 1.29 is 17.9 Å². The molecule has 1 aliphatic rings. The normalized spacial score (nSPS) is 15.4. The van der Waals surface area contributed by atoms with Crippen molar-refractivity contribution in [3.05, 3.63) is 24.3 Å². The summed E-state index contributed by atoms with van der Waals surface area (Å²) in [5.74, 6) is 0.514. The van der Waals surface area contributed by atoms with E-state index in [0.29, 0.717) is 18.3 Å². The fourth-order valence-corrected chi connectivity index (χ4v) is 3.73. The summed E-state index contributed by atoms with van der Waals surface area (Å²) < 4.78 is 28.3. The van der Waals surface area contributed by atoms with Crippen LogP contribution >= 0.6 is 12.4 Å². The van der Waals surface area contributed by atoms with Gasteiger partial charge in [-0.25, -0.2) is 8.42 Å². The van der Waals surface area contributed by atoms with E-state index in [2.05, 4.69) is 10.6 Å². The summed E-state index contributed by atoms with van der Waals surface area (Å²) in [6, 6.07) is 6.80. The van der Waals surface area contributed by atoms with Crippen molar-refractivity contribution in [2.75, 3.05) is 26.0 Å². The van der Waals surface area contributed by atoms with Crippen molar-refractivity contribution >= 4 is 28.2 Å². The molecule has 0 radical (unpaired) electrons. The number of hydrogen-bond acceptors (Lipinski definition) is 5. The van der Waals surface area contributed by atoms with Crippen molar-refractivity contribution in [2.24, 2.45) is 0 Å². The second-order valence-corrected chi connectivity index (χ2v) is 8.85. The minimum Gasteiger partial charge on any atom is -0.493 e. The fraction of sp³-hybridized carbons (Fsp3) is 0.632. The van der Waals surface area contributed by atoms with Crippen LogP contribution in [0.4, 0.5) is 0 Å². The molecule has 2 N–H and O–H groups in total. The van der Waals surface area contributed by atoms with E-state index < -0.39 is 9.84 Å². The number of halogens is 1. The van der Waals surface area contributed by atoms with Gasteiger partial charge < -0.3 is 15.4 Å². The topological polar surface area (TPSA) is 84.5 Å². The molecule has 1 saturated carbocycles. The first-order chi connectivity index (χ1) is 12.4. The largest absolute Gasteiger partial charge is 0.493 e. The molecule has 1 fully saturated rings. The third kappa shape index (κ3) is 9.44. The quantitative estimate of drug-likeness (QED) is 0.475. The van der Waals surface area contributed by atoms with Gasteiger partial charge in [0.2, 0.25) is 5.91 Å². The molecule has 1 aromatic carbocycles. The maximum Gasteiger partial charge on any atom is 0.223 e. The van der Waals surface area contributed by atoms with Gasteiger partial charge in [0.05, 0.1) is 17.9 Å². The van der Waals surface area contributed by atoms with E-state index in [-0.39, 0.29) is 36.2 Å². The Balaban J connectivity index is 0.00000364. The summed E-state index contributed by atoms with van der Waals surface area (Å²) in [4.78, 5) is 12.1. The van der Waals surface area contributed by atoms with Crippen molar-refractivity contribution in [2.45, 2.75) is 55.9 Å². The molecule has 0 aromatic heterocycles. The smallest absolute Gasteiger partial charge is 0.223 e. The van der Waals surface area contributed by atoms with Gasteiger partial charge in [0.15, 0.2) is 9.84 Å². The van der Waals surface area contributed by atoms with Crippen LogP contribution in [0.2, 0.25) is 0 Å². The SMILES string of the molecule is CS(=O)(=O)c1ccc(OCCC(=O)NCCNC2CCCCCC2)cc1.Cl. The predicted molar refractivity (Wildman–Crippen MR) is 109 cm³/mol. The number of amides is 1. The van der Waals surface area contributed by atoms with Crippen molar-refractivity contribution in [1.82, 2.24) is 10.6 Å². The number of carbonyl (C=O) groups is 1. The third-order valence-electron chi connectivity index (χ3n) is 4.59. The van der Waals surface area contributed by atoms with Crippen molar-refractivity contribution in [3.63, 3.8) is 0 Å². The van der Waals surface area contributed by atoms with E-state index in [1.165, 1.54) is 50.7 Å². The minimum atomic E-state index is -3.20. The lowest BCUT2D eigenvalue weighted by Gasteiger charge is -2.16. The van der Waals surface area contributed by atoms with E-state index in [1.54, 1.807) is 12.1 Å². The Morgan fingerprint density at radius 3 is 2.30 bits per heavy atom. The van der Waals surface area contributed by atoms with Gasteiger partial charge >= 0.3 is 0 Å². The predicted octanol–water partition coefficient (Wildman–Crippen LogP) is 2.71. The first kappa shape index (κ1) is 23.7. The fourth-order valence-electron chi connectivity index (χ4n) is 3.09. The van der Waals surface area contributed by atoms with Gasteiger partial charge in [-0.1, -0.05) is 25.7 Å². The summed E-state index contributed by atoms with van der Waals surface area (Å²) in [6.45, 7) is 1.68. The molecule has 0 saturated heterocycles. The Morgan fingerprint density at radius 1 is 1.07 bits per heavy atom. The Bertz CT molecular complexity index is 657. The monoisotopic (exact) mass is 418 g/mol. The van der Waals surface area contributed by atoms with Crippen LogP contribution in [0.5, 0.6) is 5.75 Å². The molecule has 6 nitrogen and oxygen atoms in total. The highest BCUT2D eigenvalue weighted by molar-refractivity contribution is 7.90. The molecule has 154 valence electrons. The third-order valence-corrected chi connectivity index (χ3v) is 5.71. The number of nitrogens with one attached hydrogen (secondary N) is 2. The maximum atomic E-state index is 11.8. The second-order valence-electron chi connectivity index (χ2n) is 6.83. The number of carbonyl (C=O) groups excluding carboxylic acids is 1. The van der Waals surface area contributed by atoms with E-state index in [4.69, 9.17) is 4.74 Å². The lowest BCUT2D eigenvalue weighted by molar-refractivity contribution is -0.121. The highest BCUT2D eigenvalue weighted by atomic mass is 35.5. The van der Waals surface area contributed by atoms with E-state index in [1.807, 2.05) is 0 Å². The van der Waals surface area contributed by atoms with Crippen LogP contribution < -0.4 is 15.4 Å². The molecule has 1 aromatic rings. The molecular weight excluding hydrogens is 388 g/mol. The summed E-state index contributed by atoms with van der Waals surface area (Å²) >= 11 is 0. The summed E-state index contributed by atoms with van der Waals surface area (Å²) in [5, 5.41) is 6.41. The molecule has 0 heterocycles. The second kappa shape index (κ2) is 12.2. The molecule has 0 bridgehead atoms. The van der Waals surface area contributed by atoms with Crippen LogP contribution in [0.3, 0.4) is 0 Å². The first-order valence-corrected chi connectivity index (χ1v) is 11.3. The average Bonchev–Trinajstić information content (AvgIpc) is 2.87. The van der Waals surface area contributed by atoms with Crippen LogP contribution in [0, 0.1) is 0 Å². The zero-order valence-electron chi connectivity index (χ0n) is 15.9. The van der Waals surface area contributed by atoms with Crippen LogP contribution in [0.1, 0.15) is 44.9 Å².